The number of rotatable bonds is 4. The third-order valence-electron chi connectivity index (χ3n) is 5.37. The zero-order chi connectivity index (χ0) is 17.2. The van der Waals surface area contributed by atoms with Gasteiger partial charge in [-0.05, 0) is 37.8 Å². The van der Waals surface area contributed by atoms with Gasteiger partial charge in [-0.15, -0.1) is 0 Å². The lowest BCUT2D eigenvalue weighted by molar-refractivity contribution is -0.146. The topological polar surface area (TPSA) is 59.1 Å². The minimum atomic E-state index is 0.0165. The zero-order valence-corrected chi connectivity index (χ0v) is 14.4. The molecular weight excluding hydrogens is 320 g/mol. The van der Waals surface area contributed by atoms with Gasteiger partial charge in [0.25, 0.3) is 5.91 Å². The van der Waals surface area contributed by atoms with Crippen molar-refractivity contribution in [2.24, 2.45) is 0 Å². The molecule has 25 heavy (non-hydrogen) atoms. The van der Waals surface area contributed by atoms with E-state index in [1.54, 1.807) is 4.90 Å². The molecule has 2 aliphatic heterocycles. The number of carbonyl (C=O) groups is 2. The van der Waals surface area contributed by atoms with Gasteiger partial charge in [0.05, 0.1) is 18.8 Å². The third-order valence-corrected chi connectivity index (χ3v) is 5.37. The molecular formula is C19H24N2O4. The number of anilines is 1. The average Bonchev–Trinajstić information content (AvgIpc) is 3.28. The second-order valence-corrected chi connectivity index (χ2v) is 6.93. The van der Waals surface area contributed by atoms with Crippen LogP contribution >= 0.6 is 0 Å². The first-order chi connectivity index (χ1) is 12.2. The summed E-state index contributed by atoms with van der Waals surface area (Å²) in [5, 5.41) is 0. The molecule has 0 unspecified atom stereocenters. The second kappa shape index (κ2) is 7.04. The van der Waals surface area contributed by atoms with Crippen LogP contribution in [0.15, 0.2) is 24.3 Å². The predicted octanol–water partition coefficient (Wildman–Crippen LogP) is 1.97. The van der Waals surface area contributed by atoms with Crippen molar-refractivity contribution in [3.8, 4) is 5.75 Å². The molecule has 0 bridgehead atoms. The van der Waals surface area contributed by atoms with Crippen molar-refractivity contribution in [1.82, 2.24) is 4.90 Å². The largest absolute Gasteiger partial charge is 0.484 e. The number of benzene rings is 1. The predicted molar refractivity (Wildman–Crippen MR) is 92.6 cm³/mol. The fourth-order valence-corrected chi connectivity index (χ4v) is 4.13. The first kappa shape index (κ1) is 16.4. The lowest BCUT2D eigenvalue weighted by Gasteiger charge is -2.37. The van der Waals surface area contributed by atoms with Gasteiger partial charge in [-0.25, -0.2) is 0 Å². The highest BCUT2D eigenvalue weighted by molar-refractivity contribution is 5.95. The normalized spacial score (nSPS) is 26.0. The van der Waals surface area contributed by atoms with Crippen LogP contribution in [0.2, 0.25) is 0 Å². The SMILES string of the molecule is O=C1CCCN1c1cccc(OCC(=O)N2CCO[C@@H]3CCC[C@@H]32)c1. The minimum Gasteiger partial charge on any atom is -0.484 e. The van der Waals surface area contributed by atoms with E-state index in [1.807, 2.05) is 29.2 Å². The van der Waals surface area contributed by atoms with Crippen molar-refractivity contribution in [1.29, 1.82) is 0 Å². The summed E-state index contributed by atoms with van der Waals surface area (Å²) in [5.74, 6) is 0.790. The first-order valence-corrected chi connectivity index (χ1v) is 9.17. The lowest BCUT2D eigenvalue weighted by atomic mass is 10.1. The molecule has 0 spiro atoms. The highest BCUT2D eigenvalue weighted by atomic mass is 16.5. The van der Waals surface area contributed by atoms with Crippen LogP contribution in [-0.4, -0.2) is 55.2 Å². The minimum absolute atomic E-state index is 0.0165. The third kappa shape index (κ3) is 3.35. The molecule has 2 amide bonds. The summed E-state index contributed by atoms with van der Waals surface area (Å²) >= 11 is 0. The molecule has 2 heterocycles. The Labute approximate surface area is 147 Å². The fraction of sp³-hybridized carbons (Fsp3) is 0.579. The summed E-state index contributed by atoms with van der Waals surface area (Å²) in [7, 11) is 0. The molecule has 0 aromatic heterocycles. The van der Waals surface area contributed by atoms with Gasteiger partial charge >= 0.3 is 0 Å². The number of carbonyl (C=O) groups excluding carboxylic acids is 2. The van der Waals surface area contributed by atoms with Crippen LogP contribution in [0.1, 0.15) is 32.1 Å². The Bertz CT molecular complexity index is 663. The van der Waals surface area contributed by atoms with Crippen molar-refractivity contribution in [2.45, 2.75) is 44.2 Å². The number of ether oxygens (including phenoxy) is 2. The van der Waals surface area contributed by atoms with E-state index in [1.165, 1.54) is 0 Å². The van der Waals surface area contributed by atoms with Gasteiger partial charge in [0.1, 0.15) is 5.75 Å². The smallest absolute Gasteiger partial charge is 0.260 e. The molecule has 3 fully saturated rings. The van der Waals surface area contributed by atoms with Gasteiger partial charge in [0, 0.05) is 31.3 Å². The summed E-state index contributed by atoms with van der Waals surface area (Å²) in [6, 6.07) is 7.65. The number of nitrogens with zero attached hydrogens (tertiary/aromatic N) is 2. The Hall–Kier alpha value is -2.08. The Morgan fingerprint density at radius 1 is 1.24 bits per heavy atom. The molecule has 3 aliphatic rings. The number of hydrogen-bond donors (Lipinski definition) is 0. The van der Waals surface area contributed by atoms with Gasteiger partial charge in [0.2, 0.25) is 5.91 Å². The maximum absolute atomic E-state index is 12.6. The Balaban J connectivity index is 1.38. The molecule has 6 nitrogen and oxygen atoms in total. The number of hydrogen-bond acceptors (Lipinski definition) is 4. The molecule has 1 aliphatic carbocycles. The second-order valence-electron chi connectivity index (χ2n) is 6.93. The van der Waals surface area contributed by atoms with Crippen LogP contribution in [0, 0.1) is 0 Å². The molecule has 0 radical (unpaired) electrons. The maximum atomic E-state index is 12.6. The Morgan fingerprint density at radius 2 is 2.16 bits per heavy atom. The van der Waals surface area contributed by atoms with Crippen LogP contribution in [0.5, 0.6) is 5.75 Å². The van der Waals surface area contributed by atoms with Crippen molar-refractivity contribution < 1.29 is 19.1 Å². The van der Waals surface area contributed by atoms with Crippen LogP contribution in [0.4, 0.5) is 5.69 Å². The van der Waals surface area contributed by atoms with Gasteiger partial charge < -0.3 is 19.3 Å². The van der Waals surface area contributed by atoms with Gasteiger partial charge in [-0.2, -0.15) is 0 Å². The summed E-state index contributed by atoms with van der Waals surface area (Å²) in [6.45, 7) is 2.03. The molecule has 134 valence electrons. The van der Waals surface area contributed by atoms with E-state index < -0.39 is 0 Å². The Morgan fingerprint density at radius 3 is 3.00 bits per heavy atom. The molecule has 6 heteroatoms. The number of fused-ring (bicyclic) bond motifs is 1. The van der Waals surface area contributed by atoms with Gasteiger partial charge in [-0.3, -0.25) is 9.59 Å². The van der Waals surface area contributed by atoms with E-state index in [0.717, 1.165) is 37.9 Å². The molecule has 2 saturated heterocycles. The standard InChI is InChI=1S/C19H24N2O4/c22-18-8-3-9-20(18)14-4-1-5-15(12-14)25-13-19(23)21-10-11-24-17-7-2-6-16(17)21/h1,4-5,12,16-17H,2-3,6-11,13H2/t16-,17+/m0/s1. The van der Waals surface area contributed by atoms with Crippen LogP contribution in [-0.2, 0) is 14.3 Å². The van der Waals surface area contributed by atoms with E-state index in [0.29, 0.717) is 25.3 Å². The summed E-state index contributed by atoms with van der Waals surface area (Å²) in [5.41, 5.74) is 0.842. The van der Waals surface area contributed by atoms with Gasteiger partial charge in [0.15, 0.2) is 6.61 Å². The van der Waals surface area contributed by atoms with Crippen molar-refractivity contribution >= 4 is 17.5 Å². The van der Waals surface area contributed by atoms with Crippen LogP contribution < -0.4 is 9.64 Å². The highest BCUT2D eigenvalue weighted by Crippen LogP contribution is 2.30. The monoisotopic (exact) mass is 344 g/mol. The first-order valence-electron chi connectivity index (χ1n) is 9.17. The van der Waals surface area contributed by atoms with E-state index in [4.69, 9.17) is 9.47 Å². The van der Waals surface area contributed by atoms with E-state index >= 15 is 0 Å². The molecule has 4 rings (SSSR count). The maximum Gasteiger partial charge on any atom is 0.260 e. The quantitative estimate of drug-likeness (QED) is 0.838. The zero-order valence-electron chi connectivity index (χ0n) is 14.4. The Kier molecular flexibility index (Phi) is 4.61. The van der Waals surface area contributed by atoms with E-state index in [9.17, 15) is 9.59 Å². The highest BCUT2D eigenvalue weighted by Gasteiger charge is 2.38. The van der Waals surface area contributed by atoms with Gasteiger partial charge in [-0.1, -0.05) is 6.07 Å². The molecule has 1 aromatic carbocycles. The van der Waals surface area contributed by atoms with Crippen molar-refractivity contribution in [2.75, 3.05) is 31.2 Å². The number of amides is 2. The van der Waals surface area contributed by atoms with E-state index in [2.05, 4.69) is 0 Å². The van der Waals surface area contributed by atoms with Crippen LogP contribution in [0.3, 0.4) is 0 Å². The molecule has 0 N–H and O–H groups in total. The molecule has 1 saturated carbocycles. The van der Waals surface area contributed by atoms with Crippen molar-refractivity contribution in [3.05, 3.63) is 24.3 Å². The molecule has 1 aromatic rings. The molecule has 2 atom stereocenters. The van der Waals surface area contributed by atoms with Crippen LogP contribution in [0.25, 0.3) is 0 Å². The fourth-order valence-electron chi connectivity index (χ4n) is 4.13. The summed E-state index contributed by atoms with van der Waals surface area (Å²) in [4.78, 5) is 28.2. The lowest BCUT2D eigenvalue weighted by Crippen LogP contribution is -2.52. The van der Waals surface area contributed by atoms with E-state index in [-0.39, 0.29) is 30.6 Å². The summed E-state index contributed by atoms with van der Waals surface area (Å²) in [6.07, 6.45) is 4.86. The average molecular weight is 344 g/mol. The summed E-state index contributed by atoms with van der Waals surface area (Å²) < 4.78 is 11.5. The van der Waals surface area contributed by atoms with Crippen molar-refractivity contribution in [3.63, 3.8) is 0 Å². The number of morpholine rings is 1.